The van der Waals surface area contributed by atoms with E-state index in [1.165, 1.54) is 12.8 Å². The van der Waals surface area contributed by atoms with Crippen molar-refractivity contribution in [3.8, 4) is 0 Å². The van der Waals surface area contributed by atoms with Gasteiger partial charge in [0.15, 0.2) is 0 Å². The molecular formula is C15H29N3O2. The fraction of sp³-hybridized carbons (Fsp3) is 0.933. The number of nitrogens with zero attached hydrogens (tertiary/aromatic N) is 2. The van der Waals surface area contributed by atoms with Gasteiger partial charge in [-0.25, -0.2) is 0 Å². The zero-order chi connectivity index (χ0) is 14.6. The van der Waals surface area contributed by atoms with E-state index >= 15 is 0 Å². The predicted octanol–water partition coefficient (Wildman–Crippen LogP) is 0.698. The molecule has 0 aliphatic carbocycles. The van der Waals surface area contributed by atoms with E-state index in [4.69, 9.17) is 4.74 Å². The summed E-state index contributed by atoms with van der Waals surface area (Å²) in [6, 6.07) is 0. The summed E-state index contributed by atoms with van der Waals surface area (Å²) in [6.07, 6.45) is 2.84. The van der Waals surface area contributed by atoms with Crippen molar-refractivity contribution in [3.05, 3.63) is 0 Å². The molecule has 0 saturated carbocycles. The van der Waals surface area contributed by atoms with Gasteiger partial charge < -0.3 is 10.1 Å². The number of carbonyl (C=O) groups is 1. The molecule has 20 heavy (non-hydrogen) atoms. The van der Waals surface area contributed by atoms with Gasteiger partial charge in [0, 0.05) is 44.9 Å². The predicted molar refractivity (Wildman–Crippen MR) is 79.7 cm³/mol. The molecule has 116 valence electrons. The molecule has 5 heteroatoms. The summed E-state index contributed by atoms with van der Waals surface area (Å²) in [5, 5.41) is 3.02. The zero-order valence-electron chi connectivity index (χ0n) is 13.2. The SMILES string of the molecule is CC(C)(C)NC(=O)CN1CCN(CC2CCCO2)CC1. The molecule has 0 aromatic rings. The molecule has 1 amide bonds. The third kappa shape index (κ3) is 5.38. The second kappa shape index (κ2) is 6.87. The summed E-state index contributed by atoms with van der Waals surface area (Å²) in [5.74, 6) is 0.130. The van der Waals surface area contributed by atoms with E-state index in [9.17, 15) is 4.79 Å². The van der Waals surface area contributed by atoms with Crippen LogP contribution in [0.2, 0.25) is 0 Å². The average molecular weight is 283 g/mol. The second-order valence-electron chi connectivity index (χ2n) is 7.01. The van der Waals surface area contributed by atoms with Gasteiger partial charge in [0.05, 0.1) is 12.6 Å². The lowest BCUT2D eigenvalue weighted by Crippen LogP contribution is -2.52. The zero-order valence-corrected chi connectivity index (χ0v) is 13.2. The molecule has 2 heterocycles. The normalized spacial score (nSPS) is 25.9. The number of rotatable bonds is 4. The van der Waals surface area contributed by atoms with Crippen molar-refractivity contribution in [2.45, 2.75) is 45.3 Å². The third-order valence-electron chi connectivity index (χ3n) is 3.83. The van der Waals surface area contributed by atoms with E-state index in [1.54, 1.807) is 0 Å². The molecule has 0 bridgehead atoms. The van der Waals surface area contributed by atoms with Gasteiger partial charge in [-0.3, -0.25) is 14.6 Å². The van der Waals surface area contributed by atoms with Crippen molar-refractivity contribution in [2.24, 2.45) is 0 Å². The molecule has 2 rings (SSSR count). The highest BCUT2D eigenvalue weighted by Crippen LogP contribution is 2.14. The van der Waals surface area contributed by atoms with Gasteiger partial charge in [-0.15, -0.1) is 0 Å². The number of piperazine rings is 1. The van der Waals surface area contributed by atoms with Gasteiger partial charge in [-0.1, -0.05) is 0 Å². The minimum atomic E-state index is -0.140. The lowest BCUT2D eigenvalue weighted by atomic mass is 10.1. The molecule has 5 nitrogen and oxygen atoms in total. The van der Waals surface area contributed by atoms with Crippen LogP contribution in [-0.4, -0.2) is 73.2 Å². The standard InChI is InChI=1S/C15H29N3O2/c1-15(2,3)16-14(19)12-18-8-6-17(7-9-18)11-13-5-4-10-20-13/h13H,4-12H2,1-3H3,(H,16,19). The Kier molecular flexibility index (Phi) is 5.41. The van der Waals surface area contributed by atoms with Crippen LogP contribution in [0, 0.1) is 0 Å². The molecule has 1 unspecified atom stereocenters. The first-order valence-electron chi connectivity index (χ1n) is 7.80. The molecule has 2 aliphatic heterocycles. The maximum absolute atomic E-state index is 11.9. The van der Waals surface area contributed by atoms with E-state index in [0.717, 1.165) is 39.3 Å². The van der Waals surface area contributed by atoms with Crippen molar-refractivity contribution in [1.82, 2.24) is 15.1 Å². The minimum absolute atomic E-state index is 0.130. The van der Waals surface area contributed by atoms with Crippen molar-refractivity contribution in [3.63, 3.8) is 0 Å². The van der Waals surface area contributed by atoms with E-state index in [0.29, 0.717) is 12.6 Å². The van der Waals surface area contributed by atoms with Crippen molar-refractivity contribution in [2.75, 3.05) is 45.9 Å². The quantitative estimate of drug-likeness (QED) is 0.825. The Morgan fingerprint density at radius 3 is 2.40 bits per heavy atom. The number of hydrogen-bond acceptors (Lipinski definition) is 4. The maximum atomic E-state index is 11.9. The molecule has 2 saturated heterocycles. The summed E-state index contributed by atoms with van der Waals surface area (Å²) in [5.41, 5.74) is -0.140. The summed E-state index contributed by atoms with van der Waals surface area (Å²) < 4.78 is 5.68. The summed E-state index contributed by atoms with van der Waals surface area (Å²) in [4.78, 5) is 16.6. The van der Waals surface area contributed by atoms with E-state index in [-0.39, 0.29) is 11.4 Å². The van der Waals surface area contributed by atoms with Crippen molar-refractivity contribution >= 4 is 5.91 Å². The molecule has 1 atom stereocenters. The Hall–Kier alpha value is -0.650. The topological polar surface area (TPSA) is 44.8 Å². The van der Waals surface area contributed by atoms with Crippen LogP contribution in [0.5, 0.6) is 0 Å². The molecule has 2 aliphatic rings. The molecule has 2 fully saturated rings. The van der Waals surface area contributed by atoms with Crippen LogP contribution in [0.3, 0.4) is 0 Å². The Bertz CT molecular complexity index is 314. The Morgan fingerprint density at radius 2 is 1.85 bits per heavy atom. The third-order valence-corrected chi connectivity index (χ3v) is 3.83. The molecule has 1 N–H and O–H groups in total. The molecule has 0 radical (unpaired) electrons. The highest BCUT2D eigenvalue weighted by atomic mass is 16.5. The largest absolute Gasteiger partial charge is 0.377 e. The lowest BCUT2D eigenvalue weighted by molar-refractivity contribution is -0.124. The monoisotopic (exact) mass is 283 g/mol. The molecule has 0 aromatic heterocycles. The highest BCUT2D eigenvalue weighted by molar-refractivity contribution is 5.78. The van der Waals surface area contributed by atoms with Crippen molar-refractivity contribution in [1.29, 1.82) is 0 Å². The Morgan fingerprint density at radius 1 is 1.20 bits per heavy atom. The van der Waals surface area contributed by atoms with Gasteiger partial charge in [0.2, 0.25) is 5.91 Å². The smallest absolute Gasteiger partial charge is 0.234 e. The van der Waals surface area contributed by atoms with Crippen molar-refractivity contribution < 1.29 is 9.53 Å². The van der Waals surface area contributed by atoms with E-state index in [1.807, 2.05) is 20.8 Å². The fourth-order valence-electron chi connectivity index (χ4n) is 2.87. The average Bonchev–Trinajstić information content (AvgIpc) is 2.82. The first-order valence-corrected chi connectivity index (χ1v) is 7.80. The number of carbonyl (C=O) groups excluding carboxylic acids is 1. The first-order chi connectivity index (χ1) is 9.42. The lowest BCUT2D eigenvalue weighted by Gasteiger charge is -2.35. The molecule has 0 aromatic carbocycles. The van der Waals surface area contributed by atoms with Gasteiger partial charge >= 0.3 is 0 Å². The minimum Gasteiger partial charge on any atom is -0.377 e. The number of hydrogen-bond donors (Lipinski definition) is 1. The van der Waals surface area contributed by atoms with Gasteiger partial charge in [0.1, 0.15) is 0 Å². The van der Waals surface area contributed by atoms with Crippen LogP contribution in [0.15, 0.2) is 0 Å². The van der Waals surface area contributed by atoms with Gasteiger partial charge in [-0.2, -0.15) is 0 Å². The van der Waals surface area contributed by atoms with Crippen LogP contribution in [0.25, 0.3) is 0 Å². The number of amides is 1. The van der Waals surface area contributed by atoms with Crippen LogP contribution in [0.4, 0.5) is 0 Å². The second-order valence-corrected chi connectivity index (χ2v) is 7.01. The summed E-state index contributed by atoms with van der Waals surface area (Å²) >= 11 is 0. The highest BCUT2D eigenvalue weighted by Gasteiger charge is 2.24. The van der Waals surface area contributed by atoms with Crippen LogP contribution in [-0.2, 0) is 9.53 Å². The van der Waals surface area contributed by atoms with Crippen LogP contribution >= 0.6 is 0 Å². The van der Waals surface area contributed by atoms with E-state index < -0.39 is 0 Å². The van der Waals surface area contributed by atoms with Crippen LogP contribution < -0.4 is 5.32 Å². The van der Waals surface area contributed by atoms with Gasteiger partial charge in [0.25, 0.3) is 0 Å². The molecular weight excluding hydrogens is 254 g/mol. The summed E-state index contributed by atoms with van der Waals surface area (Å²) in [6.45, 7) is 12.6. The fourth-order valence-corrected chi connectivity index (χ4v) is 2.87. The first kappa shape index (κ1) is 15.7. The van der Waals surface area contributed by atoms with Gasteiger partial charge in [-0.05, 0) is 33.6 Å². The van der Waals surface area contributed by atoms with Crippen LogP contribution in [0.1, 0.15) is 33.6 Å². The summed E-state index contributed by atoms with van der Waals surface area (Å²) in [7, 11) is 0. The Labute approximate surface area is 122 Å². The van der Waals surface area contributed by atoms with E-state index in [2.05, 4.69) is 15.1 Å². The molecule has 0 spiro atoms. The maximum Gasteiger partial charge on any atom is 0.234 e. The number of nitrogens with one attached hydrogen (secondary N) is 1. The Balaban J connectivity index is 1.64. The number of ether oxygens (including phenoxy) is 1.